The molecule has 128 valence electrons. The predicted octanol–water partition coefficient (Wildman–Crippen LogP) is 4.16. The van der Waals surface area contributed by atoms with E-state index in [0.29, 0.717) is 5.92 Å². The van der Waals surface area contributed by atoms with Crippen LogP contribution >= 0.6 is 0 Å². The van der Waals surface area contributed by atoms with E-state index in [0.717, 1.165) is 38.2 Å². The highest BCUT2D eigenvalue weighted by Crippen LogP contribution is 2.21. The van der Waals surface area contributed by atoms with E-state index in [9.17, 15) is 0 Å². The Morgan fingerprint density at radius 3 is 2.36 bits per heavy atom. The van der Waals surface area contributed by atoms with E-state index in [1.54, 1.807) is 0 Å². The van der Waals surface area contributed by atoms with E-state index in [-0.39, 0.29) is 0 Å². The molecule has 1 aromatic heterocycles. The van der Waals surface area contributed by atoms with Crippen LogP contribution in [0.2, 0.25) is 0 Å². The minimum Gasteiger partial charge on any atom is -0.369 e. The summed E-state index contributed by atoms with van der Waals surface area (Å²) in [5, 5.41) is 1.22. The fourth-order valence-corrected chi connectivity index (χ4v) is 3.66. The van der Waals surface area contributed by atoms with Crippen LogP contribution in [0.1, 0.15) is 18.5 Å². The fraction of sp³-hybridized carbons (Fsp3) is 0.318. The first-order chi connectivity index (χ1) is 12.3. The molecule has 0 N–H and O–H groups in total. The smallest absolute Gasteiger partial charge is 0.0705 e. The third-order valence-corrected chi connectivity index (χ3v) is 5.15. The second-order valence-corrected chi connectivity index (χ2v) is 6.95. The lowest BCUT2D eigenvalue weighted by Gasteiger charge is -2.37. The van der Waals surface area contributed by atoms with Crippen LogP contribution in [0.3, 0.4) is 0 Å². The van der Waals surface area contributed by atoms with Crippen molar-refractivity contribution in [3.63, 3.8) is 0 Å². The van der Waals surface area contributed by atoms with Crippen molar-refractivity contribution in [3.8, 4) is 0 Å². The van der Waals surface area contributed by atoms with Gasteiger partial charge >= 0.3 is 0 Å². The van der Waals surface area contributed by atoms with Crippen molar-refractivity contribution >= 4 is 16.6 Å². The molecule has 0 aliphatic carbocycles. The van der Waals surface area contributed by atoms with Gasteiger partial charge in [0.25, 0.3) is 0 Å². The highest BCUT2D eigenvalue weighted by molar-refractivity contribution is 5.78. The molecule has 3 heteroatoms. The predicted molar refractivity (Wildman–Crippen MR) is 105 cm³/mol. The number of para-hydroxylation sites is 2. The summed E-state index contributed by atoms with van der Waals surface area (Å²) in [5.74, 6) is 0.452. The van der Waals surface area contributed by atoms with Crippen molar-refractivity contribution < 1.29 is 0 Å². The van der Waals surface area contributed by atoms with Crippen LogP contribution in [0.4, 0.5) is 5.69 Å². The SMILES string of the molecule is CC(CN1CCN(c2ccccc2)CC1)c1ccc2ccccc2n1. The van der Waals surface area contributed by atoms with Crippen LogP contribution in [0.25, 0.3) is 10.9 Å². The molecule has 0 bridgehead atoms. The minimum atomic E-state index is 0.452. The standard InChI is InChI=1S/C22H25N3/c1-18(21-12-11-19-7-5-6-10-22(19)23-21)17-24-13-15-25(16-14-24)20-8-3-2-4-9-20/h2-12,18H,13-17H2,1H3. The molecule has 1 unspecified atom stereocenters. The molecule has 1 atom stereocenters. The third kappa shape index (κ3) is 3.67. The molecule has 1 aliphatic rings. The van der Waals surface area contributed by atoms with Crippen LogP contribution in [0.5, 0.6) is 0 Å². The largest absolute Gasteiger partial charge is 0.369 e. The van der Waals surface area contributed by atoms with Gasteiger partial charge in [0.15, 0.2) is 0 Å². The number of hydrogen-bond acceptors (Lipinski definition) is 3. The summed E-state index contributed by atoms with van der Waals surface area (Å²) in [6, 6.07) is 23.5. The molecular formula is C22H25N3. The summed E-state index contributed by atoms with van der Waals surface area (Å²) in [7, 11) is 0. The number of benzene rings is 2. The molecule has 1 aliphatic heterocycles. The zero-order chi connectivity index (χ0) is 17.1. The number of aromatic nitrogens is 1. The van der Waals surface area contributed by atoms with Crippen LogP contribution in [0, 0.1) is 0 Å². The summed E-state index contributed by atoms with van der Waals surface area (Å²) in [4.78, 5) is 9.92. The highest BCUT2D eigenvalue weighted by Gasteiger charge is 2.19. The Kier molecular flexibility index (Phi) is 4.66. The van der Waals surface area contributed by atoms with E-state index in [1.807, 2.05) is 0 Å². The summed E-state index contributed by atoms with van der Waals surface area (Å²) < 4.78 is 0. The molecule has 0 spiro atoms. The average Bonchev–Trinajstić information content (AvgIpc) is 2.69. The molecule has 3 nitrogen and oxygen atoms in total. The molecule has 25 heavy (non-hydrogen) atoms. The first kappa shape index (κ1) is 16.1. The molecular weight excluding hydrogens is 306 g/mol. The number of rotatable bonds is 4. The van der Waals surface area contributed by atoms with Gasteiger partial charge in [-0.1, -0.05) is 49.4 Å². The lowest BCUT2D eigenvalue weighted by atomic mass is 10.0. The lowest BCUT2D eigenvalue weighted by Crippen LogP contribution is -2.47. The molecule has 1 saturated heterocycles. The van der Waals surface area contributed by atoms with Gasteiger partial charge in [0.05, 0.1) is 5.52 Å². The number of nitrogens with zero attached hydrogens (tertiary/aromatic N) is 3. The first-order valence-corrected chi connectivity index (χ1v) is 9.17. The molecule has 1 fully saturated rings. The lowest BCUT2D eigenvalue weighted by molar-refractivity contribution is 0.245. The average molecular weight is 331 g/mol. The Hall–Kier alpha value is -2.39. The number of pyridine rings is 1. The third-order valence-electron chi connectivity index (χ3n) is 5.15. The summed E-state index contributed by atoms with van der Waals surface area (Å²) in [5.41, 5.74) is 3.64. The van der Waals surface area contributed by atoms with Crippen molar-refractivity contribution in [2.24, 2.45) is 0 Å². The number of anilines is 1. The van der Waals surface area contributed by atoms with Gasteiger partial charge in [-0.2, -0.15) is 0 Å². The normalized spacial score (nSPS) is 16.9. The maximum atomic E-state index is 4.87. The second-order valence-electron chi connectivity index (χ2n) is 6.95. The number of hydrogen-bond donors (Lipinski definition) is 0. The van der Waals surface area contributed by atoms with Crippen LogP contribution in [-0.2, 0) is 0 Å². The Balaban J connectivity index is 1.37. The van der Waals surface area contributed by atoms with Gasteiger partial charge in [0.1, 0.15) is 0 Å². The summed E-state index contributed by atoms with van der Waals surface area (Å²) >= 11 is 0. The van der Waals surface area contributed by atoms with E-state index in [4.69, 9.17) is 4.98 Å². The Morgan fingerprint density at radius 1 is 0.840 bits per heavy atom. The molecule has 0 saturated carbocycles. The Bertz CT molecular complexity index is 823. The highest BCUT2D eigenvalue weighted by atomic mass is 15.3. The van der Waals surface area contributed by atoms with E-state index < -0.39 is 0 Å². The zero-order valence-corrected chi connectivity index (χ0v) is 14.8. The zero-order valence-electron chi connectivity index (χ0n) is 14.8. The maximum Gasteiger partial charge on any atom is 0.0705 e. The van der Waals surface area contributed by atoms with Crippen molar-refractivity contribution in [2.75, 3.05) is 37.6 Å². The Morgan fingerprint density at radius 2 is 1.56 bits per heavy atom. The van der Waals surface area contributed by atoms with Crippen LogP contribution < -0.4 is 4.90 Å². The molecule has 4 rings (SSSR count). The molecule has 0 radical (unpaired) electrons. The van der Waals surface area contributed by atoms with Gasteiger partial charge < -0.3 is 4.90 Å². The van der Waals surface area contributed by atoms with Gasteiger partial charge in [0.2, 0.25) is 0 Å². The monoisotopic (exact) mass is 331 g/mol. The number of fused-ring (bicyclic) bond motifs is 1. The van der Waals surface area contributed by atoms with E-state index in [2.05, 4.69) is 83.5 Å². The van der Waals surface area contributed by atoms with Gasteiger partial charge in [-0.3, -0.25) is 9.88 Å². The number of piperazine rings is 1. The van der Waals surface area contributed by atoms with Gasteiger partial charge in [0, 0.05) is 55.4 Å². The topological polar surface area (TPSA) is 19.4 Å². The minimum absolute atomic E-state index is 0.452. The quantitative estimate of drug-likeness (QED) is 0.715. The van der Waals surface area contributed by atoms with Crippen molar-refractivity contribution in [3.05, 3.63) is 72.4 Å². The summed E-state index contributed by atoms with van der Waals surface area (Å²) in [6.45, 7) is 7.80. The van der Waals surface area contributed by atoms with Gasteiger partial charge in [-0.05, 0) is 24.3 Å². The summed E-state index contributed by atoms with van der Waals surface area (Å²) in [6.07, 6.45) is 0. The second kappa shape index (κ2) is 7.24. The van der Waals surface area contributed by atoms with Crippen molar-refractivity contribution in [1.29, 1.82) is 0 Å². The molecule has 3 aromatic rings. The van der Waals surface area contributed by atoms with Crippen molar-refractivity contribution in [1.82, 2.24) is 9.88 Å². The van der Waals surface area contributed by atoms with E-state index in [1.165, 1.54) is 16.8 Å². The molecule has 2 heterocycles. The first-order valence-electron chi connectivity index (χ1n) is 9.17. The fourth-order valence-electron chi connectivity index (χ4n) is 3.66. The Labute approximate surface area is 149 Å². The van der Waals surface area contributed by atoms with Crippen molar-refractivity contribution in [2.45, 2.75) is 12.8 Å². The van der Waals surface area contributed by atoms with E-state index >= 15 is 0 Å². The van der Waals surface area contributed by atoms with Gasteiger partial charge in [-0.15, -0.1) is 0 Å². The molecule has 0 amide bonds. The molecule has 2 aromatic carbocycles. The maximum absolute atomic E-state index is 4.87. The van der Waals surface area contributed by atoms with Crippen LogP contribution in [-0.4, -0.2) is 42.6 Å². The van der Waals surface area contributed by atoms with Gasteiger partial charge in [-0.25, -0.2) is 0 Å². The van der Waals surface area contributed by atoms with Crippen LogP contribution in [0.15, 0.2) is 66.7 Å².